The maximum atomic E-state index is 12.8. The molecule has 6 heteroatoms. The molecule has 0 aliphatic rings. The van der Waals surface area contributed by atoms with Gasteiger partial charge in [-0.25, -0.2) is 0 Å². The minimum atomic E-state index is -0.797. The van der Waals surface area contributed by atoms with Crippen LogP contribution in [-0.2, 0) is 28.6 Å². The molecule has 0 aromatic rings. The first-order valence-corrected chi connectivity index (χ1v) is 28.3. The monoisotopic (exact) mass is 923 g/mol. The Balaban J connectivity index is 4.41. The van der Waals surface area contributed by atoms with Crippen molar-refractivity contribution < 1.29 is 28.6 Å². The summed E-state index contributed by atoms with van der Waals surface area (Å²) in [7, 11) is 0. The number of carbonyl (C=O) groups is 3. The van der Waals surface area contributed by atoms with Crippen LogP contribution in [0.2, 0.25) is 0 Å². The zero-order valence-electron chi connectivity index (χ0n) is 43.7. The van der Waals surface area contributed by atoms with E-state index in [4.69, 9.17) is 14.2 Å². The second-order valence-electron chi connectivity index (χ2n) is 18.8. The van der Waals surface area contributed by atoms with Crippen molar-refractivity contribution in [3.05, 3.63) is 60.8 Å². The third-order valence-electron chi connectivity index (χ3n) is 12.3. The third-order valence-corrected chi connectivity index (χ3v) is 12.3. The summed E-state index contributed by atoms with van der Waals surface area (Å²) in [6.07, 6.45) is 67.8. The fraction of sp³-hybridized carbons (Fsp3) is 0.783. The Morgan fingerprint density at radius 1 is 0.318 bits per heavy atom. The molecular weight excluding hydrogens is 817 g/mol. The highest BCUT2D eigenvalue weighted by Crippen LogP contribution is 2.16. The summed E-state index contributed by atoms with van der Waals surface area (Å²) in [4.78, 5) is 38.1. The number of carbonyl (C=O) groups excluding carboxylic acids is 3. The van der Waals surface area contributed by atoms with Gasteiger partial charge in [-0.05, 0) is 83.5 Å². The molecule has 0 aliphatic heterocycles. The van der Waals surface area contributed by atoms with Crippen LogP contribution in [0.1, 0.15) is 284 Å². The average Bonchev–Trinajstić information content (AvgIpc) is 3.31. The number of unbranched alkanes of at least 4 members (excludes halogenated alkanes) is 30. The number of hydrogen-bond donors (Lipinski definition) is 0. The Morgan fingerprint density at radius 3 is 0.970 bits per heavy atom. The second kappa shape index (κ2) is 54.7. The van der Waals surface area contributed by atoms with Gasteiger partial charge < -0.3 is 14.2 Å². The maximum absolute atomic E-state index is 12.8. The summed E-state index contributed by atoms with van der Waals surface area (Å²) < 4.78 is 16.8. The fourth-order valence-corrected chi connectivity index (χ4v) is 8.02. The molecule has 6 nitrogen and oxygen atoms in total. The van der Waals surface area contributed by atoms with Gasteiger partial charge in [0.05, 0.1) is 0 Å². The number of allylic oxidation sites excluding steroid dienone is 10. The standard InChI is InChI=1S/C60H106O6/c1-4-7-10-13-16-19-22-25-28-29-30-33-35-38-41-44-47-50-53-59(62)65-56-57(66-60(63)54-51-48-45-42-39-36-32-27-24-21-18-15-12-9-6-3)55-64-58(61)52-49-46-43-40-37-34-31-26-23-20-17-14-11-8-5-2/h9,12,18,21,26-27,31-32,39,42,57H,4-8,10-11,13-17,19-20,22-25,28-30,33-38,40-41,43-56H2,1-3H3/b12-9-,21-18-,31-26-,32-27-,42-39-. The molecule has 0 radical (unpaired) electrons. The van der Waals surface area contributed by atoms with Gasteiger partial charge in [-0.1, -0.05) is 242 Å². The summed E-state index contributed by atoms with van der Waals surface area (Å²) in [6, 6.07) is 0. The molecule has 1 atom stereocenters. The van der Waals surface area contributed by atoms with E-state index in [9.17, 15) is 14.4 Å². The van der Waals surface area contributed by atoms with Crippen LogP contribution in [0.4, 0.5) is 0 Å². The second-order valence-corrected chi connectivity index (χ2v) is 18.8. The van der Waals surface area contributed by atoms with Crippen LogP contribution in [-0.4, -0.2) is 37.2 Å². The van der Waals surface area contributed by atoms with Crippen LogP contribution in [0.3, 0.4) is 0 Å². The molecule has 0 N–H and O–H groups in total. The molecule has 382 valence electrons. The summed E-state index contributed by atoms with van der Waals surface area (Å²) in [6.45, 7) is 6.51. The van der Waals surface area contributed by atoms with E-state index in [0.29, 0.717) is 19.3 Å². The minimum absolute atomic E-state index is 0.0910. The van der Waals surface area contributed by atoms with E-state index >= 15 is 0 Å². The van der Waals surface area contributed by atoms with Gasteiger partial charge in [0.25, 0.3) is 0 Å². The molecule has 0 rings (SSSR count). The lowest BCUT2D eigenvalue weighted by Crippen LogP contribution is -2.30. The highest BCUT2D eigenvalue weighted by Gasteiger charge is 2.19. The normalized spacial score (nSPS) is 12.5. The zero-order valence-corrected chi connectivity index (χ0v) is 43.7. The SMILES string of the molecule is CC/C=C\C/C=C\C/C=C\C/C=C\CCCCC(=O)OC(COC(=O)CCCCCCC/C=C\CCCCCCCC)COC(=O)CCCCCCCCCCCCCCCCCCCC. The Kier molecular flexibility index (Phi) is 52.3. The summed E-state index contributed by atoms with van der Waals surface area (Å²) in [5, 5.41) is 0. The Morgan fingerprint density at radius 2 is 0.591 bits per heavy atom. The zero-order chi connectivity index (χ0) is 47.9. The lowest BCUT2D eigenvalue weighted by Gasteiger charge is -2.18. The van der Waals surface area contributed by atoms with E-state index in [0.717, 1.165) is 83.5 Å². The third kappa shape index (κ3) is 52.1. The molecule has 0 saturated carbocycles. The van der Waals surface area contributed by atoms with Gasteiger partial charge in [-0.15, -0.1) is 0 Å². The van der Waals surface area contributed by atoms with Gasteiger partial charge in [0, 0.05) is 19.3 Å². The van der Waals surface area contributed by atoms with Crippen molar-refractivity contribution in [2.75, 3.05) is 13.2 Å². The van der Waals surface area contributed by atoms with Crippen molar-refractivity contribution >= 4 is 17.9 Å². The smallest absolute Gasteiger partial charge is 0.306 e. The summed E-state index contributed by atoms with van der Waals surface area (Å²) >= 11 is 0. The molecule has 1 unspecified atom stereocenters. The lowest BCUT2D eigenvalue weighted by atomic mass is 10.0. The molecule has 0 heterocycles. The van der Waals surface area contributed by atoms with E-state index in [2.05, 4.69) is 81.5 Å². The van der Waals surface area contributed by atoms with Crippen LogP contribution in [0.5, 0.6) is 0 Å². The Hall–Kier alpha value is -2.89. The van der Waals surface area contributed by atoms with Gasteiger partial charge in [-0.3, -0.25) is 14.4 Å². The predicted octanol–water partition coefficient (Wildman–Crippen LogP) is 18.8. The molecule has 0 aliphatic carbocycles. The molecule has 0 aromatic carbocycles. The molecule has 0 fully saturated rings. The maximum Gasteiger partial charge on any atom is 0.306 e. The molecule has 0 aromatic heterocycles. The van der Waals surface area contributed by atoms with Crippen LogP contribution in [0.15, 0.2) is 60.8 Å². The van der Waals surface area contributed by atoms with Crippen molar-refractivity contribution in [3.63, 3.8) is 0 Å². The molecule has 0 spiro atoms. The van der Waals surface area contributed by atoms with Crippen LogP contribution in [0, 0.1) is 0 Å². The van der Waals surface area contributed by atoms with Crippen LogP contribution in [0.25, 0.3) is 0 Å². The van der Waals surface area contributed by atoms with Crippen LogP contribution < -0.4 is 0 Å². The molecular formula is C60H106O6. The van der Waals surface area contributed by atoms with Gasteiger partial charge >= 0.3 is 17.9 Å². The largest absolute Gasteiger partial charge is 0.462 e. The topological polar surface area (TPSA) is 78.9 Å². The first kappa shape index (κ1) is 63.1. The number of hydrogen-bond acceptors (Lipinski definition) is 6. The first-order chi connectivity index (χ1) is 32.5. The van der Waals surface area contributed by atoms with Crippen LogP contribution >= 0.6 is 0 Å². The van der Waals surface area contributed by atoms with Gasteiger partial charge in [-0.2, -0.15) is 0 Å². The summed E-state index contributed by atoms with van der Waals surface area (Å²) in [5.74, 6) is -0.931. The highest BCUT2D eigenvalue weighted by molar-refractivity contribution is 5.71. The highest BCUT2D eigenvalue weighted by atomic mass is 16.6. The molecule has 0 amide bonds. The van der Waals surface area contributed by atoms with Crippen molar-refractivity contribution in [1.82, 2.24) is 0 Å². The summed E-state index contributed by atoms with van der Waals surface area (Å²) in [5.41, 5.74) is 0. The number of esters is 3. The lowest BCUT2D eigenvalue weighted by molar-refractivity contribution is -0.167. The van der Waals surface area contributed by atoms with Crippen molar-refractivity contribution in [3.8, 4) is 0 Å². The Bertz CT molecular complexity index is 1200. The van der Waals surface area contributed by atoms with Gasteiger partial charge in [0.2, 0.25) is 0 Å². The van der Waals surface area contributed by atoms with E-state index in [1.165, 1.54) is 154 Å². The molecule has 66 heavy (non-hydrogen) atoms. The van der Waals surface area contributed by atoms with Crippen molar-refractivity contribution in [1.29, 1.82) is 0 Å². The quantitative estimate of drug-likeness (QED) is 0.0262. The van der Waals surface area contributed by atoms with E-state index in [-0.39, 0.29) is 37.5 Å². The van der Waals surface area contributed by atoms with Gasteiger partial charge in [0.15, 0.2) is 6.10 Å². The average molecular weight is 924 g/mol. The molecule has 0 saturated heterocycles. The minimum Gasteiger partial charge on any atom is -0.462 e. The predicted molar refractivity (Wildman–Crippen MR) is 284 cm³/mol. The fourth-order valence-electron chi connectivity index (χ4n) is 8.02. The van der Waals surface area contributed by atoms with Gasteiger partial charge in [0.1, 0.15) is 13.2 Å². The van der Waals surface area contributed by atoms with E-state index in [1.807, 2.05) is 0 Å². The van der Waals surface area contributed by atoms with E-state index < -0.39 is 6.10 Å². The van der Waals surface area contributed by atoms with Crippen molar-refractivity contribution in [2.24, 2.45) is 0 Å². The first-order valence-electron chi connectivity index (χ1n) is 28.3. The van der Waals surface area contributed by atoms with E-state index in [1.54, 1.807) is 0 Å². The molecule has 0 bridgehead atoms. The number of rotatable bonds is 51. The number of ether oxygens (including phenoxy) is 3. The van der Waals surface area contributed by atoms with Crippen molar-refractivity contribution in [2.45, 2.75) is 290 Å². The Labute approximate surface area is 409 Å².